The largest absolute Gasteiger partial charge is 0.365 e. The highest BCUT2D eigenvalue weighted by Crippen LogP contribution is 2.17. The Hall–Kier alpha value is -2.56. The van der Waals surface area contributed by atoms with Crippen molar-refractivity contribution in [3.05, 3.63) is 58.4 Å². The Labute approximate surface area is 161 Å². The molecule has 3 rings (SSSR count). The van der Waals surface area contributed by atoms with Crippen LogP contribution in [0.1, 0.15) is 34.4 Å². The number of aromatic amines is 1. The molecule has 0 aliphatic carbocycles. The molecule has 0 bridgehead atoms. The van der Waals surface area contributed by atoms with Gasteiger partial charge in [-0.1, -0.05) is 12.1 Å². The van der Waals surface area contributed by atoms with Crippen LogP contribution in [-0.2, 0) is 22.4 Å². The van der Waals surface area contributed by atoms with E-state index in [1.807, 2.05) is 28.1 Å². The first-order valence-corrected chi connectivity index (χ1v) is 9.68. The maximum Gasteiger partial charge on any atom is 0.228 e. The molecule has 27 heavy (non-hydrogen) atoms. The van der Waals surface area contributed by atoms with Crippen LogP contribution in [0.5, 0.6) is 0 Å². The molecule has 2 amide bonds. The average molecular weight is 367 g/mol. The fourth-order valence-corrected chi connectivity index (χ4v) is 3.65. The zero-order valence-corrected chi connectivity index (χ0v) is 16.5. The highest BCUT2D eigenvalue weighted by atomic mass is 16.2. The molecule has 1 N–H and O–H groups in total. The van der Waals surface area contributed by atoms with E-state index < -0.39 is 0 Å². The number of nitrogens with zero attached hydrogens (tertiary/aromatic N) is 2. The van der Waals surface area contributed by atoms with E-state index in [1.165, 1.54) is 16.7 Å². The van der Waals surface area contributed by atoms with Crippen LogP contribution in [0.15, 0.2) is 30.5 Å². The molecule has 0 unspecified atom stereocenters. The van der Waals surface area contributed by atoms with Gasteiger partial charge in [-0.25, -0.2) is 0 Å². The van der Waals surface area contributed by atoms with Crippen molar-refractivity contribution in [1.82, 2.24) is 14.8 Å². The Morgan fingerprint density at radius 1 is 0.889 bits per heavy atom. The standard InChI is InChI=1S/C22H29N3O2/c1-16-12-18(3)19(13-17(16)2)14-21(26)24-8-5-9-25(11-10-24)22(27)15-20-6-4-7-23-20/h4,6-7,12-13,23H,5,8-11,14-15H2,1-3H3. The molecule has 0 radical (unpaired) electrons. The predicted octanol–water partition coefficient (Wildman–Crippen LogP) is 2.79. The lowest BCUT2D eigenvalue weighted by Crippen LogP contribution is -2.38. The van der Waals surface area contributed by atoms with Gasteiger partial charge in [0.2, 0.25) is 11.8 Å². The zero-order chi connectivity index (χ0) is 19.4. The quantitative estimate of drug-likeness (QED) is 0.903. The summed E-state index contributed by atoms with van der Waals surface area (Å²) in [4.78, 5) is 32.2. The minimum Gasteiger partial charge on any atom is -0.365 e. The van der Waals surface area contributed by atoms with Crippen molar-refractivity contribution in [3.8, 4) is 0 Å². The first-order valence-electron chi connectivity index (χ1n) is 9.68. The maximum atomic E-state index is 12.8. The summed E-state index contributed by atoms with van der Waals surface area (Å²) in [6, 6.07) is 8.12. The second kappa shape index (κ2) is 8.42. The molecule has 5 heteroatoms. The molecular weight excluding hydrogens is 338 g/mol. The smallest absolute Gasteiger partial charge is 0.228 e. The minimum absolute atomic E-state index is 0.122. The highest BCUT2D eigenvalue weighted by molar-refractivity contribution is 5.80. The van der Waals surface area contributed by atoms with E-state index in [4.69, 9.17) is 0 Å². The lowest BCUT2D eigenvalue weighted by Gasteiger charge is -2.22. The molecule has 1 aliphatic heterocycles. The number of benzene rings is 1. The average Bonchev–Trinajstić information content (AvgIpc) is 3.00. The summed E-state index contributed by atoms with van der Waals surface area (Å²) < 4.78 is 0. The molecule has 2 heterocycles. The molecule has 0 atom stereocenters. The Morgan fingerprint density at radius 2 is 1.52 bits per heavy atom. The second-order valence-electron chi connectivity index (χ2n) is 7.53. The lowest BCUT2D eigenvalue weighted by molar-refractivity contribution is -0.132. The predicted molar refractivity (Wildman–Crippen MR) is 107 cm³/mol. The number of carbonyl (C=O) groups excluding carboxylic acids is 2. The van der Waals surface area contributed by atoms with Gasteiger partial charge in [-0.15, -0.1) is 0 Å². The van der Waals surface area contributed by atoms with E-state index in [9.17, 15) is 9.59 Å². The molecule has 1 aromatic carbocycles. The Morgan fingerprint density at radius 3 is 2.15 bits per heavy atom. The van der Waals surface area contributed by atoms with Crippen LogP contribution in [0, 0.1) is 20.8 Å². The van der Waals surface area contributed by atoms with Gasteiger partial charge in [-0.05, 0) is 61.6 Å². The third-order valence-corrected chi connectivity index (χ3v) is 5.50. The fraction of sp³-hybridized carbons (Fsp3) is 0.455. The third-order valence-electron chi connectivity index (χ3n) is 5.50. The van der Waals surface area contributed by atoms with Crippen LogP contribution in [0.25, 0.3) is 0 Å². The van der Waals surface area contributed by atoms with Crippen molar-refractivity contribution in [2.24, 2.45) is 0 Å². The van der Waals surface area contributed by atoms with Crippen molar-refractivity contribution in [3.63, 3.8) is 0 Å². The Balaban J connectivity index is 1.58. The van der Waals surface area contributed by atoms with Crippen molar-refractivity contribution in [1.29, 1.82) is 0 Å². The van der Waals surface area contributed by atoms with Gasteiger partial charge >= 0.3 is 0 Å². The summed E-state index contributed by atoms with van der Waals surface area (Å²) in [5.41, 5.74) is 5.69. The van der Waals surface area contributed by atoms with Crippen LogP contribution >= 0.6 is 0 Å². The van der Waals surface area contributed by atoms with Gasteiger partial charge in [0, 0.05) is 38.1 Å². The number of carbonyl (C=O) groups is 2. The van der Waals surface area contributed by atoms with Crippen molar-refractivity contribution in [2.45, 2.75) is 40.0 Å². The van der Waals surface area contributed by atoms with Gasteiger partial charge in [-0.3, -0.25) is 9.59 Å². The van der Waals surface area contributed by atoms with Gasteiger partial charge in [0.15, 0.2) is 0 Å². The number of hydrogen-bond acceptors (Lipinski definition) is 2. The van der Waals surface area contributed by atoms with Crippen LogP contribution in [-0.4, -0.2) is 52.8 Å². The Bertz CT molecular complexity index is 811. The van der Waals surface area contributed by atoms with Crippen molar-refractivity contribution >= 4 is 11.8 Å². The third kappa shape index (κ3) is 4.79. The SMILES string of the molecule is Cc1cc(C)c(CC(=O)N2CCCN(C(=O)Cc3ccc[nH]3)CC2)cc1C. The molecule has 1 aromatic heterocycles. The number of aromatic nitrogens is 1. The van der Waals surface area contributed by atoms with Crippen molar-refractivity contribution in [2.75, 3.05) is 26.2 Å². The molecule has 0 saturated carbocycles. The molecule has 1 fully saturated rings. The number of H-pyrrole nitrogens is 1. The van der Waals surface area contributed by atoms with Crippen LogP contribution in [0.2, 0.25) is 0 Å². The number of aryl methyl sites for hydroxylation is 3. The van der Waals surface area contributed by atoms with E-state index >= 15 is 0 Å². The number of amides is 2. The summed E-state index contributed by atoms with van der Waals surface area (Å²) >= 11 is 0. The van der Waals surface area contributed by atoms with Gasteiger partial charge in [0.1, 0.15) is 0 Å². The van der Waals surface area contributed by atoms with E-state index in [0.717, 1.165) is 24.2 Å². The van der Waals surface area contributed by atoms with Crippen LogP contribution in [0.3, 0.4) is 0 Å². The summed E-state index contributed by atoms with van der Waals surface area (Å²) in [7, 11) is 0. The summed E-state index contributed by atoms with van der Waals surface area (Å²) in [6.45, 7) is 8.90. The number of hydrogen-bond donors (Lipinski definition) is 1. The summed E-state index contributed by atoms with van der Waals surface area (Å²) in [5, 5.41) is 0. The molecule has 144 valence electrons. The van der Waals surface area contributed by atoms with Crippen LogP contribution < -0.4 is 0 Å². The monoisotopic (exact) mass is 367 g/mol. The normalized spacial score (nSPS) is 14.9. The first-order chi connectivity index (χ1) is 12.9. The second-order valence-corrected chi connectivity index (χ2v) is 7.53. The highest BCUT2D eigenvalue weighted by Gasteiger charge is 2.22. The molecule has 0 spiro atoms. The molecule has 2 aromatic rings. The van der Waals surface area contributed by atoms with Crippen molar-refractivity contribution < 1.29 is 9.59 Å². The molecule has 1 saturated heterocycles. The van der Waals surface area contributed by atoms with Gasteiger partial charge in [0.25, 0.3) is 0 Å². The zero-order valence-electron chi connectivity index (χ0n) is 16.5. The number of nitrogens with one attached hydrogen (secondary N) is 1. The van der Waals surface area contributed by atoms with E-state index in [2.05, 4.69) is 37.9 Å². The Kier molecular flexibility index (Phi) is 5.99. The molecule has 5 nitrogen and oxygen atoms in total. The molecular formula is C22H29N3O2. The van der Waals surface area contributed by atoms with Crippen LogP contribution in [0.4, 0.5) is 0 Å². The lowest BCUT2D eigenvalue weighted by atomic mass is 9.98. The number of rotatable bonds is 4. The summed E-state index contributed by atoms with van der Waals surface area (Å²) in [5.74, 6) is 0.275. The van der Waals surface area contributed by atoms with Gasteiger partial charge in [-0.2, -0.15) is 0 Å². The van der Waals surface area contributed by atoms with Gasteiger partial charge < -0.3 is 14.8 Å². The molecule has 1 aliphatic rings. The topological polar surface area (TPSA) is 56.4 Å². The summed E-state index contributed by atoms with van der Waals surface area (Å²) in [6.07, 6.45) is 3.49. The first kappa shape index (κ1) is 19.2. The van der Waals surface area contributed by atoms with E-state index in [1.54, 1.807) is 0 Å². The maximum absolute atomic E-state index is 12.8. The minimum atomic E-state index is 0.122. The fourth-order valence-electron chi connectivity index (χ4n) is 3.65. The van der Waals surface area contributed by atoms with E-state index in [-0.39, 0.29) is 11.8 Å². The van der Waals surface area contributed by atoms with Gasteiger partial charge in [0.05, 0.1) is 12.8 Å². The van der Waals surface area contributed by atoms with E-state index in [0.29, 0.717) is 32.5 Å².